The van der Waals surface area contributed by atoms with Crippen molar-refractivity contribution in [2.75, 3.05) is 6.54 Å². The first-order valence-corrected chi connectivity index (χ1v) is 6.54. The van der Waals surface area contributed by atoms with Gasteiger partial charge in [0.2, 0.25) is 5.78 Å². The highest BCUT2D eigenvalue weighted by Crippen LogP contribution is 2.23. The van der Waals surface area contributed by atoms with Gasteiger partial charge in [0.05, 0.1) is 0 Å². The van der Waals surface area contributed by atoms with E-state index in [2.05, 4.69) is 4.99 Å². The molecule has 20 heavy (non-hydrogen) atoms. The fraction of sp³-hybridized carbons (Fsp3) is 0.286. The Morgan fingerprint density at radius 3 is 2.55 bits per heavy atom. The van der Waals surface area contributed by atoms with E-state index >= 15 is 0 Å². The predicted molar refractivity (Wildman–Crippen MR) is 73.9 cm³/mol. The van der Waals surface area contributed by atoms with Crippen molar-refractivity contribution < 1.29 is 19.5 Å². The average molecular weight is 294 g/mol. The number of halogens is 1. The van der Waals surface area contributed by atoms with Gasteiger partial charge in [-0.2, -0.15) is 0 Å². The molecule has 1 unspecified atom stereocenters. The van der Waals surface area contributed by atoms with Gasteiger partial charge < -0.3 is 5.11 Å². The highest BCUT2D eigenvalue weighted by Gasteiger charge is 2.36. The van der Waals surface area contributed by atoms with Crippen LogP contribution in [-0.4, -0.2) is 40.3 Å². The zero-order valence-corrected chi connectivity index (χ0v) is 11.3. The number of aliphatic imine (C=N–C) groups is 1. The minimum absolute atomic E-state index is 0.000699. The van der Waals surface area contributed by atoms with Crippen molar-refractivity contribution in [1.82, 2.24) is 0 Å². The molecule has 5 nitrogen and oxygen atoms in total. The number of alkyl halides is 1. The highest BCUT2D eigenvalue weighted by atomic mass is 35.5. The molecule has 104 valence electrons. The van der Waals surface area contributed by atoms with Crippen LogP contribution in [0.4, 0.5) is 0 Å². The second-order valence-corrected chi connectivity index (χ2v) is 4.80. The molecule has 0 saturated carbocycles. The Kier molecular flexibility index (Phi) is 4.29. The summed E-state index contributed by atoms with van der Waals surface area (Å²) < 4.78 is 0. The minimum Gasteiger partial charge on any atom is -0.481 e. The summed E-state index contributed by atoms with van der Waals surface area (Å²) in [5, 5.41) is 7.44. The summed E-state index contributed by atoms with van der Waals surface area (Å²) in [6.07, 6.45) is 0.258. The zero-order valence-electron chi connectivity index (χ0n) is 10.5. The molecule has 1 aliphatic carbocycles. The molecule has 0 radical (unpaired) electrons. The van der Waals surface area contributed by atoms with Crippen LogP contribution in [0.25, 0.3) is 0 Å². The van der Waals surface area contributed by atoms with Gasteiger partial charge in [-0.1, -0.05) is 24.3 Å². The fourth-order valence-corrected chi connectivity index (χ4v) is 2.28. The average Bonchev–Trinajstić information content (AvgIpc) is 2.44. The summed E-state index contributed by atoms with van der Waals surface area (Å²) in [5.74, 6) is -1.64. The number of ketones is 2. The van der Waals surface area contributed by atoms with Crippen molar-refractivity contribution in [1.29, 1.82) is 0 Å². The molecule has 0 saturated heterocycles. The number of Topliss-reactive ketones (excluding diaryl/α,β-unsaturated/α-hetero) is 2. The lowest BCUT2D eigenvalue weighted by Gasteiger charge is -2.19. The lowest BCUT2D eigenvalue weighted by atomic mass is 9.88. The first-order chi connectivity index (χ1) is 9.52. The maximum Gasteiger partial charge on any atom is 0.303 e. The Morgan fingerprint density at radius 2 is 1.90 bits per heavy atom. The lowest BCUT2D eigenvalue weighted by Crippen LogP contribution is -2.38. The molecule has 1 aromatic carbocycles. The van der Waals surface area contributed by atoms with E-state index in [0.29, 0.717) is 17.5 Å². The number of carboxylic acid groups (broad SMARTS) is 1. The van der Waals surface area contributed by atoms with Crippen LogP contribution in [0.3, 0.4) is 0 Å². The van der Waals surface area contributed by atoms with Crippen LogP contribution in [0, 0.1) is 0 Å². The number of aliphatic carboxylic acids is 1. The smallest absolute Gasteiger partial charge is 0.303 e. The molecule has 1 aliphatic rings. The summed E-state index contributed by atoms with van der Waals surface area (Å²) in [6.45, 7) is 0.159. The van der Waals surface area contributed by atoms with Crippen molar-refractivity contribution in [2.24, 2.45) is 4.99 Å². The van der Waals surface area contributed by atoms with E-state index in [4.69, 9.17) is 16.7 Å². The number of nitrogens with zero attached hydrogens (tertiary/aromatic N) is 1. The third-order valence-electron chi connectivity index (χ3n) is 2.97. The Balaban J connectivity index is 2.23. The van der Waals surface area contributed by atoms with E-state index in [1.165, 1.54) is 0 Å². The molecule has 0 aliphatic heterocycles. The van der Waals surface area contributed by atoms with Crippen LogP contribution in [0.15, 0.2) is 29.3 Å². The SMILES string of the molecule is O=C(O)CCCN=C1C(=O)c2ccccc2C(=O)C1Cl. The maximum atomic E-state index is 12.2. The van der Waals surface area contributed by atoms with Crippen LogP contribution < -0.4 is 0 Å². The Bertz CT molecular complexity index is 609. The van der Waals surface area contributed by atoms with Crippen molar-refractivity contribution in [3.8, 4) is 0 Å². The molecule has 1 atom stereocenters. The molecular formula is C14H12ClNO4. The number of carboxylic acids is 1. The highest BCUT2D eigenvalue weighted by molar-refractivity contribution is 6.64. The fourth-order valence-electron chi connectivity index (χ4n) is 1.99. The topological polar surface area (TPSA) is 83.8 Å². The maximum absolute atomic E-state index is 12.2. The minimum atomic E-state index is -1.10. The van der Waals surface area contributed by atoms with Crippen LogP contribution in [0.1, 0.15) is 33.6 Å². The van der Waals surface area contributed by atoms with Crippen molar-refractivity contribution in [3.05, 3.63) is 35.4 Å². The first kappa shape index (κ1) is 14.4. The predicted octanol–water partition coefficient (Wildman–Crippen LogP) is 1.98. The van der Waals surface area contributed by atoms with Gasteiger partial charge in [0.25, 0.3) is 0 Å². The monoisotopic (exact) mass is 293 g/mol. The first-order valence-electron chi connectivity index (χ1n) is 6.10. The number of carbonyl (C=O) groups is 3. The molecule has 0 amide bonds. The van der Waals surface area contributed by atoms with Crippen LogP contribution in [0.2, 0.25) is 0 Å². The van der Waals surface area contributed by atoms with E-state index in [1.54, 1.807) is 24.3 Å². The van der Waals surface area contributed by atoms with Gasteiger partial charge in [0, 0.05) is 24.1 Å². The molecular weight excluding hydrogens is 282 g/mol. The van der Waals surface area contributed by atoms with Crippen molar-refractivity contribution >= 4 is 34.8 Å². The van der Waals surface area contributed by atoms with Gasteiger partial charge in [-0.3, -0.25) is 19.4 Å². The van der Waals surface area contributed by atoms with E-state index in [-0.39, 0.29) is 30.2 Å². The number of carbonyl (C=O) groups excluding carboxylic acids is 2. The normalized spacial score (nSPS) is 20.1. The standard InChI is InChI=1S/C14H12ClNO4/c15-11-12(16-7-3-6-10(17)18)14(20)9-5-2-1-4-8(9)13(11)19/h1-2,4-5,11H,3,6-7H2,(H,17,18). The molecule has 0 aromatic heterocycles. The molecule has 0 bridgehead atoms. The largest absolute Gasteiger partial charge is 0.481 e. The summed E-state index contributed by atoms with van der Waals surface area (Å²) in [6, 6.07) is 6.46. The quantitative estimate of drug-likeness (QED) is 0.679. The number of hydrogen-bond donors (Lipinski definition) is 1. The second kappa shape index (κ2) is 5.96. The molecule has 2 rings (SSSR count). The molecule has 1 aromatic rings. The van der Waals surface area contributed by atoms with Gasteiger partial charge in [-0.05, 0) is 6.42 Å². The molecule has 0 heterocycles. The zero-order chi connectivity index (χ0) is 14.7. The summed E-state index contributed by atoms with van der Waals surface area (Å²) in [4.78, 5) is 38.7. The molecule has 0 spiro atoms. The number of rotatable bonds is 4. The van der Waals surface area contributed by atoms with E-state index in [9.17, 15) is 14.4 Å². The van der Waals surface area contributed by atoms with Crippen LogP contribution >= 0.6 is 11.6 Å². The molecule has 0 fully saturated rings. The second-order valence-electron chi connectivity index (χ2n) is 4.37. The third kappa shape index (κ3) is 2.77. The molecule has 1 N–H and O–H groups in total. The van der Waals surface area contributed by atoms with Gasteiger partial charge in [-0.25, -0.2) is 0 Å². The number of hydrogen-bond acceptors (Lipinski definition) is 4. The van der Waals surface area contributed by atoms with E-state index in [0.717, 1.165) is 0 Å². The van der Waals surface area contributed by atoms with Crippen LogP contribution in [-0.2, 0) is 4.79 Å². The summed E-state index contributed by atoms with van der Waals surface area (Å²) in [5.41, 5.74) is 0.606. The van der Waals surface area contributed by atoms with E-state index in [1.807, 2.05) is 0 Å². The van der Waals surface area contributed by atoms with Gasteiger partial charge in [0.1, 0.15) is 11.1 Å². The van der Waals surface area contributed by atoms with Gasteiger partial charge in [0.15, 0.2) is 5.78 Å². The Labute approximate surface area is 120 Å². The number of fused-ring (bicyclic) bond motifs is 1. The summed E-state index contributed by atoms with van der Waals surface area (Å²) >= 11 is 5.98. The lowest BCUT2D eigenvalue weighted by molar-refractivity contribution is -0.137. The van der Waals surface area contributed by atoms with Crippen LogP contribution in [0.5, 0.6) is 0 Å². The molecule has 6 heteroatoms. The van der Waals surface area contributed by atoms with Crippen molar-refractivity contribution in [3.63, 3.8) is 0 Å². The van der Waals surface area contributed by atoms with Crippen molar-refractivity contribution in [2.45, 2.75) is 18.2 Å². The Hall–Kier alpha value is -2.01. The Morgan fingerprint density at radius 1 is 1.25 bits per heavy atom. The van der Waals surface area contributed by atoms with Gasteiger partial charge in [-0.15, -0.1) is 11.6 Å². The summed E-state index contributed by atoms with van der Waals surface area (Å²) in [7, 11) is 0. The van der Waals surface area contributed by atoms with Gasteiger partial charge >= 0.3 is 5.97 Å². The van der Waals surface area contributed by atoms with E-state index < -0.39 is 11.3 Å². The third-order valence-corrected chi connectivity index (χ3v) is 3.38. The number of benzene rings is 1.